The van der Waals surface area contributed by atoms with E-state index >= 15 is 0 Å². The van der Waals surface area contributed by atoms with Gasteiger partial charge >= 0.3 is 6.03 Å². The van der Waals surface area contributed by atoms with Crippen LogP contribution in [0.3, 0.4) is 0 Å². The smallest absolute Gasteiger partial charge is 0.314 e. The Kier molecular flexibility index (Phi) is 4.11. The maximum Gasteiger partial charge on any atom is 0.323 e. The van der Waals surface area contributed by atoms with E-state index in [1.807, 2.05) is 45.9 Å². The van der Waals surface area contributed by atoms with Gasteiger partial charge in [0.1, 0.15) is 0 Å². The van der Waals surface area contributed by atoms with Crippen molar-refractivity contribution in [2.75, 3.05) is 5.32 Å². The van der Waals surface area contributed by atoms with Crippen molar-refractivity contribution in [3.05, 3.63) is 41.1 Å². The largest absolute Gasteiger partial charge is 0.323 e. The Labute approximate surface area is 96.6 Å². The zero-order chi connectivity index (χ0) is 12.1. The van der Waals surface area contributed by atoms with Gasteiger partial charge in [-0.05, 0) is 51.0 Å². The van der Waals surface area contributed by atoms with Crippen LogP contribution in [0.2, 0.25) is 0 Å². The Morgan fingerprint density at radius 1 is 1.19 bits per heavy atom. The van der Waals surface area contributed by atoms with Gasteiger partial charge in [0.25, 0.3) is 0 Å². The number of urea groups is 1. The Bertz CT molecular complexity index is 418. The van der Waals surface area contributed by atoms with Crippen LogP contribution >= 0.6 is 0 Å². The number of hydrogen-bond donors (Lipinski definition) is 2. The normalized spacial score (nSPS) is 9.50. The molecule has 0 radical (unpaired) electrons. The fourth-order valence-corrected chi connectivity index (χ4v) is 1.20. The van der Waals surface area contributed by atoms with E-state index in [0.717, 1.165) is 11.3 Å². The van der Waals surface area contributed by atoms with Crippen molar-refractivity contribution in [2.45, 2.75) is 27.7 Å². The van der Waals surface area contributed by atoms with E-state index in [0.29, 0.717) is 0 Å². The predicted molar refractivity (Wildman–Crippen MR) is 67.5 cm³/mol. The van der Waals surface area contributed by atoms with Gasteiger partial charge in [-0.3, -0.25) is 0 Å². The summed E-state index contributed by atoms with van der Waals surface area (Å²) in [6.45, 7) is 7.92. The fourth-order valence-electron chi connectivity index (χ4n) is 1.20. The molecule has 0 heterocycles. The Balaban J connectivity index is 2.63. The Morgan fingerprint density at radius 2 is 1.88 bits per heavy atom. The molecule has 0 fully saturated rings. The monoisotopic (exact) mass is 218 g/mol. The Hall–Kier alpha value is -1.77. The average Bonchev–Trinajstić information content (AvgIpc) is 2.21. The van der Waals surface area contributed by atoms with E-state index in [1.54, 1.807) is 6.20 Å². The highest BCUT2D eigenvalue weighted by Gasteiger charge is 2.00. The first-order chi connectivity index (χ1) is 7.49. The zero-order valence-corrected chi connectivity index (χ0v) is 10.2. The summed E-state index contributed by atoms with van der Waals surface area (Å²) in [6, 6.07) is 5.62. The summed E-state index contributed by atoms with van der Waals surface area (Å²) in [5.74, 6) is 0. The maximum absolute atomic E-state index is 11.4. The third-order valence-electron chi connectivity index (χ3n) is 2.26. The molecule has 0 bridgehead atoms. The molecule has 0 aromatic heterocycles. The topological polar surface area (TPSA) is 41.1 Å². The van der Waals surface area contributed by atoms with Crippen molar-refractivity contribution in [3.63, 3.8) is 0 Å². The summed E-state index contributed by atoms with van der Waals surface area (Å²) in [4.78, 5) is 11.4. The van der Waals surface area contributed by atoms with Crippen LogP contribution in [0, 0.1) is 13.8 Å². The second-order valence-corrected chi connectivity index (χ2v) is 4.12. The van der Waals surface area contributed by atoms with E-state index in [-0.39, 0.29) is 6.03 Å². The van der Waals surface area contributed by atoms with Crippen LogP contribution in [0.1, 0.15) is 25.0 Å². The van der Waals surface area contributed by atoms with Gasteiger partial charge in [0, 0.05) is 11.9 Å². The van der Waals surface area contributed by atoms with Gasteiger partial charge in [-0.15, -0.1) is 0 Å². The van der Waals surface area contributed by atoms with E-state index in [9.17, 15) is 4.79 Å². The highest BCUT2D eigenvalue weighted by atomic mass is 16.2. The number of nitrogens with one attached hydrogen (secondary N) is 2. The number of anilines is 1. The van der Waals surface area contributed by atoms with Crippen LogP contribution in [-0.4, -0.2) is 6.03 Å². The van der Waals surface area contributed by atoms with Gasteiger partial charge in [0.05, 0.1) is 0 Å². The molecular formula is C13H18N2O. The molecule has 2 amide bonds. The number of carbonyl (C=O) groups is 1. The summed E-state index contributed by atoms with van der Waals surface area (Å²) in [6.07, 6.45) is 1.68. The molecule has 1 aromatic carbocycles. The van der Waals surface area contributed by atoms with Crippen molar-refractivity contribution in [2.24, 2.45) is 0 Å². The lowest BCUT2D eigenvalue weighted by atomic mass is 10.1. The van der Waals surface area contributed by atoms with Gasteiger partial charge in [-0.1, -0.05) is 11.6 Å². The fraction of sp³-hybridized carbons (Fsp3) is 0.308. The standard InChI is InChI=1S/C13H18N2O/c1-9(2)8-14-13(16)15-12-6-5-10(3)11(4)7-12/h5-8H,1-4H3,(H2,14,15,16). The quantitative estimate of drug-likeness (QED) is 0.785. The lowest BCUT2D eigenvalue weighted by molar-refractivity contribution is 0.255. The van der Waals surface area contributed by atoms with E-state index in [4.69, 9.17) is 0 Å². The molecule has 0 spiro atoms. The summed E-state index contributed by atoms with van der Waals surface area (Å²) in [5.41, 5.74) is 4.24. The molecule has 0 aliphatic carbocycles. The van der Waals surface area contributed by atoms with E-state index in [1.165, 1.54) is 11.1 Å². The molecule has 16 heavy (non-hydrogen) atoms. The van der Waals surface area contributed by atoms with E-state index < -0.39 is 0 Å². The lowest BCUT2D eigenvalue weighted by Crippen LogP contribution is -2.24. The van der Waals surface area contributed by atoms with Crippen LogP contribution in [0.25, 0.3) is 0 Å². The minimum absolute atomic E-state index is 0.218. The molecule has 3 nitrogen and oxygen atoms in total. The van der Waals surface area contributed by atoms with Crippen molar-refractivity contribution < 1.29 is 4.79 Å². The maximum atomic E-state index is 11.4. The average molecular weight is 218 g/mol. The molecule has 0 unspecified atom stereocenters. The van der Waals surface area contributed by atoms with Crippen molar-refractivity contribution in [1.82, 2.24) is 5.32 Å². The van der Waals surface area contributed by atoms with Crippen LogP contribution in [0.4, 0.5) is 10.5 Å². The molecular weight excluding hydrogens is 200 g/mol. The molecule has 2 N–H and O–H groups in total. The first kappa shape index (κ1) is 12.3. The molecule has 1 rings (SSSR count). The first-order valence-electron chi connectivity index (χ1n) is 5.27. The highest BCUT2D eigenvalue weighted by molar-refractivity contribution is 5.90. The zero-order valence-electron chi connectivity index (χ0n) is 10.2. The van der Waals surface area contributed by atoms with E-state index in [2.05, 4.69) is 10.6 Å². The van der Waals surface area contributed by atoms with Crippen LogP contribution in [0.15, 0.2) is 30.0 Å². The Morgan fingerprint density at radius 3 is 2.44 bits per heavy atom. The number of hydrogen-bond acceptors (Lipinski definition) is 1. The molecule has 0 aliphatic heterocycles. The number of carbonyl (C=O) groups excluding carboxylic acids is 1. The highest BCUT2D eigenvalue weighted by Crippen LogP contribution is 2.13. The van der Waals surface area contributed by atoms with Crippen molar-refractivity contribution in [1.29, 1.82) is 0 Å². The number of benzene rings is 1. The van der Waals surface area contributed by atoms with Gasteiger partial charge in [-0.2, -0.15) is 0 Å². The molecule has 3 heteroatoms. The number of rotatable bonds is 2. The SMILES string of the molecule is CC(C)=CNC(=O)Nc1ccc(C)c(C)c1. The number of aryl methyl sites for hydroxylation is 2. The van der Waals surface area contributed by atoms with Crippen LogP contribution < -0.4 is 10.6 Å². The van der Waals surface area contributed by atoms with Gasteiger partial charge in [0.15, 0.2) is 0 Å². The summed E-state index contributed by atoms with van der Waals surface area (Å²) in [7, 11) is 0. The van der Waals surface area contributed by atoms with Crippen LogP contribution in [0.5, 0.6) is 0 Å². The van der Waals surface area contributed by atoms with Gasteiger partial charge in [0.2, 0.25) is 0 Å². The molecule has 0 aliphatic rings. The van der Waals surface area contributed by atoms with Crippen molar-refractivity contribution >= 4 is 11.7 Å². The van der Waals surface area contributed by atoms with Crippen molar-refractivity contribution in [3.8, 4) is 0 Å². The lowest BCUT2D eigenvalue weighted by Gasteiger charge is -2.07. The summed E-state index contributed by atoms with van der Waals surface area (Å²) < 4.78 is 0. The molecule has 86 valence electrons. The molecule has 0 atom stereocenters. The van der Waals surface area contributed by atoms with Crippen LogP contribution in [-0.2, 0) is 0 Å². The molecule has 0 saturated carbocycles. The second-order valence-electron chi connectivity index (χ2n) is 4.12. The van der Waals surface area contributed by atoms with Gasteiger partial charge < -0.3 is 10.6 Å². The van der Waals surface area contributed by atoms with Gasteiger partial charge in [-0.25, -0.2) is 4.79 Å². The number of allylic oxidation sites excluding steroid dienone is 1. The second kappa shape index (κ2) is 5.35. The summed E-state index contributed by atoms with van der Waals surface area (Å²) >= 11 is 0. The predicted octanol–water partition coefficient (Wildman–Crippen LogP) is 3.35. The minimum atomic E-state index is -0.218. The molecule has 1 aromatic rings. The third-order valence-corrected chi connectivity index (χ3v) is 2.26. The number of amides is 2. The first-order valence-corrected chi connectivity index (χ1v) is 5.27. The molecule has 0 saturated heterocycles. The summed E-state index contributed by atoms with van der Waals surface area (Å²) in [5, 5.41) is 5.42. The third kappa shape index (κ3) is 3.77. The minimum Gasteiger partial charge on any atom is -0.314 e.